The fraction of sp³-hybridized carbons (Fsp3) is 0.941. The van der Waals surface area contributed by atoms with Gasteiger partial charge in [0.1, 0.15) is 0 Å². The molecule has 6 nitrogen and oxygen atoms in total. The Morgan fingerprint density at radius 1 is 1.29 bits per heavy atom. The van der Waals surface area contributed by atoms with Gasteiger partial charge in [0.2, 0.25) is 0 Å². The summed E-state index contributed by atoms with van der Waals surface area (Å²) in [5.74, 6) is 1.15. The van der Waals surface area contributed by atoms with Crippen LogP contribution in [0.2, 0.25) is 0 Å². The van der Waals surface area contributed by atoms with Crippen LogP contribution >= 0.6 is 24.0 Å². The second kappa shape index (κ2) is 11.5. The van der Waals surface area contributed by atoms with E-state index in [0.29, 0.717) is 24.0 Å². The maximum absolute atomic E-state index is 6.09. The van der Waals surface area contributed by atoms with E-state index in [1.165, 1.54) is 19.4 Å². The van der Waals surface area contributed by atoms with Crippen LogP contribution in [0.15, 0.2) is 4.99 Å². The van der Waals surface area contributed by atoms with Crippen molar-refractivity contribution in [2.45, 2.75) is 45.7 Å². The van der Waals surface area contributed by atoms with Gasteiger partial charge < -0.3 is 15.8 Å². The first kappa shape index (κ1) is 21.9. The molecule has 2 fully saturated rings. The van der Waals surface area contributed by atoms with Crippen molar-refractivity contribution in [2.75, 3.05) is 52.5 Å². The lowest BCUT2D eigenvalue weighted by atomic mass is 10.0. The molecule has 2 rings (SSSR count). The molecular weight excluding hydrogens is 417 g/mol. The number of hydrogen-bond donors (Lipinski definition) is 2. The molecular formula is C17H36IN5O. The number of nitrogens with zero attached hydrogens (tertiary/aromatic N) is 3. The highest BCUT2D eigenvalue weighted by atomic mass is 127. The second-order valence-electron chi connectivity index (χ2n) is 6.99. The van der Waals surface area contributed by atoms with Crippen molar-refractivity contribution in [3.63, 3.8) is 0 Å². The number of aliphatic imine (C=N–C) groups is 1. The fourth-order valence-corrected chi connectivity index (χ4v) is 3.67. The van der Waals surface area contributed by atoms with Crippen molar-refractivity contribution < 1.29 is 4.74 Å². The van der Waals surface area contributed by atoms with E-state index in [1.54, 1.807) is 0 Å². The minimum absolute atomic E-state index is 0. The number of nitrogens with two attached hydrogens (primary N) is 1. The largest absolute Gasteiger partial charge is 0.379 e. The summed E-state index contributed by atoms with van der Waals surface area (Å²) in [6.45, 7) is 14.4. The van der Waals surface area contributed by atoms with E-state index in [2.05, 4.69) is 40.9 Å². The average molecular weight is 453 g/mol. The van der Waals surface area contributed by atoms with Gasteiger partial charge in [-0.25, -0.2) is 0 Å². The number of morpholine rings is 1. The highest BCUT2D eigenvalue weighted by molar-refractivity contribution is 14.0. The highest BCUT2D eigenvalue weighted by Gasteiger charge is 2.24. The van der Waals surface area contributed by atoms with E-state index < -0.39 is 0 Å². The van der Waals surface area contributed by atoms with Crippen molar-refractivity contribution in [3.8, 4) is 0 Å². The quantitative estimate of drug-likeness (QED) is 0.346. The summed E-state index contributed by atoms with van der Waals surface area (Å²) >= 11 is 0. The Bertz CT molecular complexity index is 374. The van der Waals surface area contributed by atoms with Gasteiger partial charge in [0.05, 0.1) is 19.8 Å². The van der Waals surface area contributed by atoms with Crippen molar-refractivity contribution >= 4 is 29.9 Å². The van der Waals surface area contributed by atoms with Crippen LogP contribution in [0, 0.1) is 5.92 Å². The first-order valence-corrected chi connectivity index (χ1v) is 9.21. The van der Waals surface area contributed by atoms with Crippen molar-refractivity contribution in [1.82, 2.24) is 15.1 Å². The van der Waals surface area contributed by atoms with Gasteiger partial charge in [0.25, 0.3) is 0 Å². The molecule has 2 aliphatic rings. The molecule has 142 valence electrons. The van der Waals surface area contributed by atoms with Gasteiger partial charge in [-0.05, 0) is 31.8 Å². The Morgan fingerprint density at radius 3 is 2.62 bits per heavy atom. The summed E-state index contributed by atoms with van der Waals surface area (Å²) in [6.07, 6.45) is 2.56. The van der Waals surface area contributed by atoms with E-state index >= 15 is 0 Å². The van der Waals surface area contributed by atoms with Gasteiger partial charge in [-0.1, -0.05) is 20.8 Å². The van der Waals surface area contributed by atoms with Crippen LogP contribution in [0.3, 0.4) is 0 Å². The molecule has 7 heteroatoms. The molecule has 24 heavy (non-hydrogen) atoms. The lowest BCUT2D eigenvalue weighted by molar-refractivity contribution is 0.00868. The smallest absolute Gasteiger partial charge is 0.188 e. The minimum Gasteiger partial charge on any atom is -0.379 e. The maximum Gasteiger partial charge on any atom is 0.188 e. The first-order valence-electron chi connectivity index (χ1n) is 9.21. The molecule has 0 aliphatic carbocycles. The zero-order valence-corrected chi connectivity index (χ0v) is 17.9. The van der Waals surface area contributed by atoms with Crippen LogP contribution in [0.5, 0.6) is 0 Å². The number of rotatable bonds is 7. The van der Waals surface area contributed by atoms with Crippen molar-refractivity contribution in [2.24, 2.45) is 16.6 Å². The number of halogens is 1. The Morgan fingerprint density at radius 2 is 2.00 bits per heavy atom. The van der Waals surface area contributed by atoms with Gasteiger partial charge >= 0.3 is 0 Å². The molecule has 0 bridgehead atoms. The van der Waals surface area contributed by atoms with Crippen molar-refractivity contribution in [1.29, 1.82) is 0 Å². The molecule has 0 aromatic rings. The lowest BCUT2D eigenvalue weighted by Crippen LogP contribution is -2.48. The molecule has 2 saturated heterocycles. The predicted molar refractivity (Wildman–Crippen MR) is 111 cm³/mol. The van der Waals surface area contributed by atoms with Gasteiger partial charge in [-0.15, -0.1) is 24.0 Å². The van der Waals surface area contributed by atoms with Crippen LogP contribution in [0.1, 0.15) is 33.6 Å². The van der Waals surface area contributed by atoms with E-state index in [0.717, 1.165) is 45.9 Å². The predicted octanol–water partition coefficient (Wildman–Crippen LogP) is 1.35. The van der Waals surface area contributed by atoms with Crippen LogP contribution in [0.4, 0.5) is 0 Å². The zero-order chi connectivity index (χ0) is 16.7. The third-order valence-electron chi connectivity index (χ3n) is 5.16. The molecule has 0 aromatic carbocycles. The van der Waals surface area contributed by atoms with E-state index in [4.69, 9.17) is 10.5 Å². The molecule has 0 saturated carbocycles. The summed E-state index contributed by atoms with van der Waals surface area (Å²) < 4.78 is 5.45. The Balaban J connectivity index is 0.00000288. The highest BCUT2D eigenvalue weighted by Crippen LogP contribution is 2.15. The van der Waals surface area contributed by atoms with Crippen molar-refractivity contribution in [3.05, 3.63) is 0 Å². The molecule has 3 N–H and O–H groups in total. The third kappa shape index (κ3) is 6.65. The summed E-state index contributed by atoms with van der Waals surface area (Å²) in [4.78, 5) is 9.62. The molecule has 2 unspecified atom stereocenters. The number of likely N-dealkylation sites (N-methyl/N-ethyl adjacent to an activating group) is 1. The van der Waals surface area contributed by atoms with E-state index in [1.807, 2.05) is 0 Å². The summed E-state index contributed by atoms with van der Waals surface area (Å²) in [6, 6.07) is 1.05. The summed E-state index contributed by atoms with van der Waals surface area (Å²) in [5.41, 5.74) is 6.09. The standard InChI is InChI=1S/C17H35N5O.HI/c1-4-21-7-5-6-15(21)12-19-17(18)20-13-16(14(2)3)22-8-10-23-11-9-22;/h14-16H,4-13H2,1-3H3,(H3,18,19,20);1H. The number of likely N-dealkylation sites (tertiary alicyclic amines) is 1. The molecule has 2 atom stereocenters. The number of guanidine groups is 1. The zero-order valence-electron chi connectivity index (χ0n) is 15.5. The second-order valence-corrected chi connectivity index (χ2v) is 6.99. The Labute approximate surface area is 164 Å². The van der Waals surface area contributed by atoms with Crippen LogP contribution in [-0.4, -0.2) is 80.3 Å². The van der Waals surface area contributed by atoms with Gasteiger partial charge in [-0.3, -0.25) is 14.8 Å². The maximum atomic E-state index is 6.09. The van der Waals surface area contributed by atoms with Crippen LogP contribution in [0.25, 0.3) is 0 Å². The van der Waals surface area contributed by atoms with Gasteiger partial charge in [-0.2, -0.15) is 0 Å². The molecule has 0 radical (unpaired) electrons. The molecule has 0 amide bonds. The molecule has 2 aliphatic heterocycles. The third-order valence-corrected chi connectivity index (χ3v) is 5.16. The summed E-state index contributed by atoms with van der Waals surface area (Å²) in [7, 11) is 0. The monoisotopic (exact) mass is 453 g/mol. The number of ether oxygens (including phenoxy) is 1. The molecule has 2 heterocycles. The first-order chi connectivity index (χ1) is 11.1. The van der Waals surface area contributed by atoms with Crippen LogP contribution in [-0.2, 0) is 4.74 Å². The lowest BCUT2D eigenvalue weighted by Gasteiger charge is -2.36. The number of nitrogens with one attached hydrogen (secondary N) is 1. The Kier molecular flexibility index (Phi) is 10.5. The fourth-order valence-electron chi connectivity index (χ4n) is 3.67. The minimum atomic E-state index is 0. The Hall–Kier alpha value is -0.120. The van der Waals surface area contributed by atoms with Gasteiger partial charge in [0, 0.05) is 31.7 Å². The average Bonchev–Trinajstić information content (AvgIpc) is 3.01. The molecule has 0 spiro atoms. The van der Waals surface area contributed by atoms with E-state index in [9.17, 15) is 0 Å². The number of hydrogen-bond acceptors (Lipinski definition) is 4. The SMILES string of the molecule is CCN1CCCC1CNC(N)=NCC(C(C)C)N1CCOCC1.I. The summed E-state index contributed by atoms with van der Waals surface area (Å²) in [5, 5.41) is 3.33. The van der Waals surface area contributed by atoms with E-state index in [-0.39, 0.29) is 24.0 Å². The van der Waals surface area contributed by atoms with Crippen LogP contribution < -0.4 is 11.1 Å². The van der Waals surface area contributed by atoms with Gasteiger partial charge in [0.15, 0.2) is 5.96 Å². The topological polar surface area (TPSA) is 66.1 Å². The normalized spacial score (nSPS) is 24.8. The molecule has 0 aromatic heterocycles.